The van der Waals surface area contributed by atoms with E-state index < -0.39 is 6.89 Å². The number of nitrogens with two attached hydrogens (primary N) is 1. The van der Waals surface area contributed by atoms with Crippen LogP contribution in [-0.4, -0.2) is 51.1 Å². The van der Waals surface area contributed by atoms with Crippen molar-refractivity contribution in [1.29, 1.82) is 0 Å². The molecule has 0 amide bonds. The Morgan fingerprint density at radius 2 is 1.95 bits per heavy atom. The van der Waals surface area contributed by atoms with Gasteiger partial charge < -0.3 is 26.6 Å². The van der Waals surface area contributed by atoms with Crippen molar-refractivity contribution in [3.8, 4) is 0 Å². The molecule has 0 aliphatic carbocycles. The molecule has 0 radical (unpaired) electrons. The second kappa shape index (κ2) is 13.2. The Labute approximate surface area is 233 Å². The van der Waals surface area contributed by atoms with E-state index in [-0.39, 0.29) is 6.04 Å². The number of para-hydroxylation sites is 1. The average molecular weight is 553 g/mol. The van der Waals surface area contributed by atoms with Gasteiger partial charge in [0.25, 0.3) is 0 Å². The minimum Gasteiger partial charge on any atom is -0.380 e. The van der Waals surface area contributed by atoms with Gasteiger partial charge in [0.05, 0.1) is 22.1 Å². The summed E-state index contributed by atoms with van der Waals surface area (Å²) in [5, 5.41) is 11.9. The molecule has 0 spiro atoms. The highest BCUT2D eigenvalue weighted by Crippen LogP contribution is 2.38. The van der Waals surface area contributed by atoms with Crippen LogP contribution in [0.2, 0.25) is 0 Å². The standard InChI is InChI=1S/C30H42ClN6P/c1-8-15-33-28-18-27(23(9-2)17-29(28)37-16-14-24(32)20-37)36-22(4)34-19-25(31)21(3)35-26-12-10-11-13-30(26)38(5,6)7/h8,10-13,17-19,24,33,35H,1,3,5,9,14-16,20,32H2,2,4,6-7H3,(H,34,36)/b25-19+. The van der Waals surface area contributed by atoms with Crippen LogP contribution in [0.5, 0.6) is 0 Å². The zero-order chi connectivity index (χ0) is 27.9. The van der Waals surface area contributed by atoms with Crippen LogP contribution >= 0.6 is 18.5 Å². The molecule has 0 bridgehead atoms. The van der Waals surface area contributed by atoms with Crippen LogP contribution in [0.3, 0.4) is 0 Å². The van der Waals surface area contributed by atoms with Crippen LogP contribution in [-0.2, 0) is 6.42 Å². The smallest absolute Gasteiger partial charge is 0.103 e. The number of hydrogen-bond donors (Lipinski definition) is 4. The highest BCUT2D eigenvalue weighted by molar-refractivity contribution is 7.79. The van der Waals surface area contributed by atoms with Gasteiger partial charge in [-0.3, -0.25) is 0 Å². The first-order chi connectivity index (χ1) is 18.0. The van der Waals surface area contributed by atoms with E-state index >= 15 is 0 Å². The molecule has 1 aliphatic rings. The Hall–Kier alpha value is -2.92. The molecule has 6 nitrogen and oxygen atoms in total. The van der Waals surface area contributed by atoms with E-state index in [4.69, 9.17) is 17.3 Å². The first kappa shape index (κ1) is 29.6. The molecule has 1 atom stereocenters. The summed E-state index contributed by atoms with van der Waals surface area (Å²) >= 11 is 6.56. The number of aliphatic imine (C=N–C) groups is 1. The van der Waals surface area contributed by atoms with Crippen molar-refractivity contribution in [2.45, 2.75) is 32.7 Å². The van der Waals surface area contributed by atoms with Gasteiger partial charge in [-0.2, -0.15) is 0 Å². The van der Waals surface area contributed by atoms with Crippen molar-refractivity contribution in [3.63, 3.8) is 0 Å². The van der Waals surface area contributed by atoms with Gasteiger partial charge in [0.1, 0.15) is 5.84 Å². The Kier molecular flexibility index (Phi) is 10.3. The fourth-order valence-electron chi connectivity index (χ4n) is 4.42. The predicted octanol–water partition coefficient (Wildman–Crippen LogP) is 6.26. The maximum atomic E-state index is 6.56. The minimum absolute atomic E-state index is 0.209. The van der Waals surface area contributed by atoms with Crippen molar-refractivity contribution in [1.82, 2.24) is 0 Å². The van der Waals surface area contributed by atoms with Crippen LogP contribution < -0.4 is 31.9 Å². The van der Waals surface area contributed by atoms with E-state index in [1.807, 2.05) is 31.2 Å². The number of nitrogens with one attached hydrogen (secondary N) is 3. The molecule has 1 fully saturated rings. The fourth-order valence-corrected chi connectivity index (χ4v) is 5.79. The molecule has 38 heavy (non-hydrogen) atoms. The van der Waals surface area contributed by atoms with Gasteiger partial charge in [-0.1, -0.05) is 62.6 Å². The summed E-state index contributed by atoms with van der Waals surface area (Å²) < 4.78 is 0. The summed E-state index contributed by atoms with van der Waals surface area (Å²) in [6, 6.07) is 12.8. The first-order valence-corrected chi connectivity index (χ1v) is 16.2. The summed E-state index contributed by atoms with van der Waals surface area (Å²) in [6.07, 6.45) is 9.73. The normalized spacial score (nSPS) is 16.4. The van der Waals surface area contributed by atoms with E-state index in [0.29, 0.717) is 17.3 Å². The third kappa shape index (κ3) is 7.80. The maximum Gasteiger partial charge on any atom is 0.103 e. The molecular weight excluding hydrogens is 511 g/mol. The topological polar surface area (TPSA) is 77.7 Å². The molecule has 1 unspecified atom stereocenters. The fraction of sp³-hybridized carbons (Fsp3) is 0.333. The number of anilines is 4. The lowest BCUT2D eigenvalue weighted by molar-refractivity contribution is 0.752. The number of rotatable bonds is 11. The van der Waals surface area contributed by atoms with Gasteiger partial charge in [0, 0.05) is 43.3 Å². The average Bonchev–Trinajstić information content (AvgIpc) is 3.31. The number of halogens is 1. The molecule has 8 heteroatoms. The van der Waals surface area contributed by atoms with Crippen molar-refractivity contribution < 1.29 is 0 Å². The third-order valence-electron chi connectivity index (χ3n) is 6.42. The number of hydrogen-bond acceptors (Lipinski definition) is 5. The lowest BCUT2D eigenvalue weighted by atomic mass is 10.1. The van der Waals surface area contributed by atoms with Crippen LogP contribution in [0, 0.1) is 0 Å². The molecule has 5 N–H and O–H groups in total. The Bertz CT molecular complexity index is 1280. The molecule has 2 aromatic carbocycles. The number of benzene rings is 2. The Morgan fingerprint density at radius 3 is 2.58 bits per heavy atom. The van der Waals surface area contributed by atoms with Gasteiger partial charge in [-0.15, -0.1) is 6.58 Å². The van der Waals surface area contributed by atoms with E-state index in [1.165, 1.54) is 16.6 Å². The quantitative estimate of drug-likeness (QED) is 0.0870. The van der Waals surface area contributed by atoms with E-state index in [2.05, 4.69) is 83.8 Å². The van der Waals surface area contributed by atoms with Crippen molar-refractivity contribution in [3.05, 3.63) is 78.1 Å². The van der Waals surface area contributed by atoms with Crippen LogP contribution in [0.15, 0.2) is 77.6 Å². The number of aryl methyl sites for hydroxylation is 1. The molecule has 0 saturated carbocycles. The molecule has 2 aromatic rings. The van der Waals surface area contributed by atoms with Crippen LogP contribution in [0.4, 0.5) is 22.7 Å². The number of nitrogens with zero attached hydrogens (tertiary/aromatic N) is 2. The lowest BCUT2D eigenvalue weighted by Gasteiger charge is -2.25. The molecule has 1 saturated heterocycles. The van der Waals surface area contributed by atoms with Crippen molar-refractivity contribution in [2.75, 3.05) is 53.8 Å². The van der Waals surface area contributed by atoms with Gasteiger partial charge >= 0.3 is 0 Å². The van der Waals surface area contributed by atoms with Crippen LogP contribution in [0.1, 0.15) is 25.8 Å². The highest BCUT2D eigenvalue weighted by atomic mass is 35.5. The minimum atomic E-state index is -1.47. The summed E-state index contributed by atoms with van der Waals surface area (Å²) in [4.78, 5) is 6.93. The first-order valence-electron chi connectivity index (χ1n) is 13.0. The largest absolute Gasteiger partial charge is 0.380 e. The van der Waals surface area contributed by atoms with E-state index in [9.17, 15) is 0 Å². The predicted molar refractivity (Wildman–Crippen MR) is 175 cm³/mol. The second-order valence-corrected chi connectivity index (χ2v) is 14.4. The number of amidine groups is 1. The monoisotopic (exact) mass is 552 g/mol. The van der Waals surface area contributed by atoms with Gasteiger partial charge in [0.15, 0.2) is 0 Å². The van der Waals surface area contributed by atoms with E-state index in [1.54, 1.807) is 6.20 Å². The Morgan fingerprint density at radius 1 is 1.21 bits per heavy atom. The molecule has 1 heterocycles. The summed E-state index contributed by atoms with van der Waals surface area (Å²) in [6.45, 7) is 17.4. The zero-order valence-electron chi connectivity index (χ0n) is 23.1. The SMILES string of the molecule is C=CCNc1cc(NC(C)=N/C=C(/Cl)C(=C)Nc2ccccc2P(=C)(C)C)c(CC)cc1N1CCC(N)C1. The highest BCUT2D eigenvalue weighted by Gasteiger charge is 2.23. The van der Waals surface area contributed by atoms with E-state index in [0.717, 1.165) is 48.8 Å². The van der Waals surface area contributed by atoms with Crippen LogP contribution in [0.25, 0.3) is 0 Å². The summed E-state index contributed by atoms with van der Waals surface area (Å²) in [7, 11) is 0. The molecule has 204 valence electrons. The summed E-state index contributed by atoms with van der Waals surface area (Å²) in [5.74, 6) is 0.724. The zero-order valence-corrected chi connectivity index (χ0v) is 24.8. The van der Waals surface area contributed by atoms with Crippen molar-refractivity contribution in [2.24, 2.45) is 10.7 Å². The summed E-state index contributed by atoms with van der Waals surface area (Å²) in [5.41, 5.74) is 12.2. The van der Waals surface area contributed by atoms with Crippen molar-refractivity contribution >= 4 is 58.7 Å². The molecule has 3 rings (SSSR count). The van der Waals surface area contributed by atoms with Gasteiger partial charge in [0.2, 0.25) is 0 Å². The molecule has 1 aliphatic heterocycles. The van der Waals surface area contributed by atoms with Gasteiger partial charge in [-0.25, -0.2) is 4.99 Å². The molecule has 0 aromatic heterocycles. The van der Waals surface area contributed by atoms with Gasteiger partial charge in [-0.05, 0) is 62.2 Å². The molecular formula is C30H42ClN6P. The third-order valence-corrected chi connectivity index (χ3v) is 8.44. The number of allylic oxidation sites excluding steroid dienone is 1. The lowest BCUT2D eigenvalue weighted by Crippen LogP contribution is -2.27. The maximum absolute atomic E-state index is 6.56. The second-order valence-electron chi connectivity index (χ2n) is 10.2. The Balaban J connectivity index is 1.80.